The Bertz CT molecular complexity index is 594. The van der Waals surface area contributed by atoms with Crippen LogP contribution in [0.1, 0.15) is 35.2 Å². The van der Waals surface area contributed by atoms with Crippen molar-refractivity contribution in [2.75, 3.05) is 0 Å². The third kappa shape index (κ3) is 4.77. The maximum atomic E-state index is 12.8. The molecular formula is C14H14F3N3O2. The van der Waals surface area contributed by atoms with Crippen LogP contribution in [-0.4, -0.2) is 17.9 Å². The highest BCUT2D eigenvalue weighted by Gasteiger charge is 2.35. The van der Waals surface area contributed by atoms with Crippen LogP contribution < -0.4 is 11.1 Å². The van der Waals surface area contributed by atoms with E-state index in [0.717, 1.165) is 18.2 Å². The maximum Gasteiger partial charge on any atom is 0.417 e. The molecule has 22 heavy (non-hydrogen) atoms. The number of benzene rings is 1. The molecule has 0 aliphatic rings. The fourth-order valence-corrected chi connectivity index (χ4v) is 1.84. The minimum absolute atomic E-state index is 0.0861. The molecule has 0 saturated carbocycles. The molecule has 0 saturated heterocycles. The second-order valence-electron chi connectivity index (χ2n) is 4.52. The molecule has 0 bridgehead atoms. The molecule has 5 nitrogen and oxygen atoms in total. The van der Waals surface area contributed by atoms with E-state index in [4.69, 9.17) is 11.0 Å². The highest BCUT2D eigenvalue weighted by atomic mass is 19.4. The fourth-order valence-electron chi connectivity index (χ4n) is 1.84. The van der Waals surface area contributed by atoms with Crippen LogP contribution in [0.2, 0.25) is 0 Å². The molecule has 0 aromatic heterocycles. The number of nitrogens with one attached hydrogen (secondary N) is 1. The number of primary amides is 1. The van der Waals surface area contributed by atoms with Gasteiger partial charge in [-0.3, -0.25) is 9.59 Å². The number of carbonyl (C=O) groups excluding carboxylic acids is 2. The molecular weight excluding hydrogens is 299 g/mol. The Morgan fingerprint density at radius 3 is 2.50 bits per heavy atom. The molecule has 8 heteroatoms. The summed E-state index contributed by atoms with van der Waals surface area (Å²) in [6.45, 7) is 0. The van der Waals surface area contributed by atoms with Gasteiger partial charge < -0.3 is 11.1 Å². The average molecular weight is 313 g/mol. The standard InChI is InChI=1S/C14H14F3N3O2/c15-14(16,17)10-6-2-1-5-9(10)13(22)20-11(12(19)21)7-3-4-8-18/h1-2,5-6,11H,3-4,7H2,(H2,19,21)(H,20,22)/t11-/m1/s1. The summed E-state index contributed by atoms with van der Waals surface area (Å²) in [4.78, 5) is 23.2. The lowest BCUT2D eigenvalue weighted by atomic mass is 10.0. The van der Waals surface area contributed by atoms with E-state index in [1.54, 1.807) is 0 Å². The summed E-state index contributed by atoms with van der Waals surface area (Å²) in [5.74, 6) is -1.90. The molecule has 1 rings (SSSR count). The summed E-state index contributed by atoms with van der Waals surface area (Å²) >= 11 is 0. The monoisotopic (exact) mass is 313 g/mol. The van der Waals surface area contributed by atoms with Crippen molar-refractivity contribution in [3.8, 4) is 6.07 Å². The van der Waals surface area contributed by atoms with E-state index in [-0.39, 0.29) is 12.8 Å². The van der Waals surface area contributed by atoms with Crippen molar-refractivity contribution in [3.63, 3.8) is 0 Å². The number of amides is 2. The second kappa shape index (κ2) is 7.45. The first-order chi connectivity index (χ1) is 10.3. The smallest absolute Gasteiger partial charge is 0.368 e. The Balaban J connectivity index is 2.92. The van der Waals surface area contributed by atoms with Crippen molar-refractivity contribution in [3.05, 3.63) is 35.4 Å². The van der Waals surface area contributed by atoms with Crippen LogP contribution in [0.25, 0.3) is 0 Å². The molecule has 1 atom stereocenters. The van der Waals surface area contributed by atoms with Crippen LogP contribution in [0.3, 0.4) is 0 Å². The third-order valence-electron chi connectivity index (χ3n) is 2.91. The first-order valence-electron chi connectivity index (χ1n) is 6.40. The zero-order valence-corrected chi connectivity index (χ0v) is 11.5. The van der Waals surface area contributed by atoms with Crippen molar-refractivity contribution in [2.45, 2.75) is 31.5 Å². The normalized spacial score (nSPS) is 12.3. The SMILES string of the molecule is N#CCCC[C@@H](NC(=O)c1ccccc1C(F)(F)F)C(N)=O. The molecule has 3 N–H and O–H groups in total. The maximum absolute atomic E-state index is 12.8. The van der Waals surface area contributed by atoms with Crippen molar-refractivity contribution < 1.29 is 22.8 Å². The van der Waals surface area contributed by atoms with Gasteiger partial charge in [0.05, 0.1) is 17.2 Å². The molecule has 0 aliphatic heterocycles. The van der Waals surface area contributed by atoms with E-state index < -0.39 is 35.2 Å². The number of hydrogen-bond donors (Lipinski definition) is 2. The average Bonchev–Trinajstić information content (AvgIpc) is 2.45. The molecule has 0 heterocycles. The summed E-state index contributed by atoms with van der Waals surface area (Å²) in [5, 5.41) is 10.6. The summed E-state index contributed by atoms with van der Waals surface area (Å²) in [6, 6.07) is 5.00. The van der Waals surface area contributed by atoms with Gasteiger partial charge in [-0.15, -0.1) is 0 Å². The molecule has 1 aromatic carbocycles. The molecule has 2 amide bonds. The van der Waals surface area contributed by atoms with Gasteiger partial charge in [0.1, 0.15) is 6.04 Å². The lowest BCUT2D eigenvalue weighted by Gasteiger charge is -2.17. The van der Waals surface area contributed by atoms with Gasteiger partial charge in [0.15, 0.2) is 0 Å². The van der Waals surface area contributed by atoms with E-state index in [0.29, 0.717) is 6.42 Å². The molecule has 0 unspecified atom stereocenters. The summed E-state index contributed by atoms with van der Waals surface area (Å²) in [6.07, 6.45) is -4.15. The predicted octanol–water partition coefficient (Wildman–Crippen LogP) is 1.98. The Kier molecular flexibility index (Phi) is 5.92. The quantitative estimate of drug-likeness (QED) is 0.786. The summed E-state index contributed by atoms with van der Waals surface area (Å²) < 4.78 is 38.5. The number of halogens is 3. The number of nitrogens with zero attached hydrogens (tertiary/aromatic N) is 1. The number of nitriles is 1. The van der Waals surface area contributed by atoms with E-state index in [2.05, 4.69) is 5.32 Å². The Morgan fingerprint density at radius 2 is 1.95 bits per heavy atom. The van der Waals surface area contributed by atoms with Crippen LogP contribution in [0, 0.1) is 11.3 Å². The third-order valence-corrected chi connectivity index (χ3v) is 2.91. The Morgan fingerprint density at radius 1 is 1.32 bits per heavy atom. The molecule has 0 fully saturated rings. The Hall–Kier alpha value is -2.56. The number of carbonyl (C=O) groups is 2. The van der Waals surface area contributed by atoms with Crippen molar-refractivity contribution in [2.24, 2.45) is 5.73 Å². The van der Waals surface area contributed by atoms with Crippen LogP contribution >= 0.6 is 0 Å². The summed E-state index contributed by atoms with van der Waals surface area (Å²) in [5.41, 5.74) is 3.44. The van der Waals surface area contributed by atoms with Crippen molar-refractivity contribution in [1.82, 2.24) is 5.32 Å². The fraction of sp³-hybridized carbons (Fsp3) is 0.357. The van der Waals surface area contributed by atoms with Gasteiger partial charge >= 0.3 is 6.18 Å². The highest BCUT2D eigenvalue weighted by molar-refractivity contribution is 5.98. The predicted molar refractivity (Wildman–Crippen MR) is 71.4 cm³/mol. The lowest BCUT2D eigenvalue weighted by Crippen LogP contribution is -2.44. The highest BCUT2D eigenvalue weighted by Crippen LogP contribution is 2.31. The minimum atomic E-state index is -4.68. The number of hydrogen-bond acceptors (Lipinski definition) is 3. The van der Waals surface area contributed by atoms with Gasteiger partial charge in [-0.05, 0) is 25.0 Å². The van der Waals surface area contributed by atoms with Crippen LogP contribution in [0.5, 0.6) is 0 Å². The molecule has 1 aromatic rings. The van der Waals surface area contributed by atoms with E-state index in [1.807, 2.05) is 6.07 Å². The van der Waals surface area contributed by atoms with Gasteiger partial charge in [-0.25, -0.2) is 0 Å². The molecule has 0 spiro atoms. The van der Waals surface area contributed by atoms with Crippen molar-refractivity contribution in [1.29, 1.82) is 5.26 Å². The second-order valence-corrected chi connectivity index (χ2v) is 4.52. The number of alkyl halides is 3. The van der Waals surface area contributed by atoms with Crippen LogP contribution in [0.4, 0.5) is 13.2 Å². The van der Waals surface area contributed by atoms with Gasteiger partial charge in [0, 0.05) is 6.42 Å². The number of unbranched alkanes of at least 4 members (excludes halogenated alkanes) is 1. The Labute approximate surface area is 124 Å². The van der Waals surface area contributed by atoms with Crippen LogP contribution in [0.15, 0.2) is 24.3 Å². The van der Waals surface area contributed by atoms with Crippen LogP contribution in [-0.2, 0) is 11.0 Å². The van der Waals surface area contributed by atoms with Gasteiger partial charge in [0.25, 0.3) is 5.91 Å². The van der Waals surface area contributed by atoms with E-state index in [1.165, 1.54) is 6.07 Å². The molecule has 0 radical (unpaired) electrons. The van der Waals surface area contributed by atoms with Gasteiger partial charge in [0.2, 0.25) is 5.91 Å². The number of nitrogens with two attached hydrogens (primary N) is 1. The van der Waals surface area contributed by atoms with E-state index >= 15 is 0 Å². The zero-order valence-electron chi connectivity index (χ0n) is 11.5. The largest absolute Gasteiger partial charge is 0.417 e. The summed E-state index contributed by atoms with van der Waals surface area (Å²) in [7, 11) is 0. The van der Waals surface area contributed by atoms with Gasteiger partial charge in [-0.1, -0.05) is 12.1 Å². The number of rotatable bonds is 6. The van der Waals surface area contributed by atoms with Gasteiger partial charge in [-0.2, -0.15) is 18.4 Å². The zero-order chi connectivity index (χ0) is 16.8. The lowest BCUT2D eigenvalue weighted by molar-refractivity contribution is -0.137. The molecule has 118 valence electrons. The first-order valence-corrected chi connectivity index (χ1v) is 6.40. The van der Waals surface area contributed by atoms with E-state index in [9.17, 15) is 22.8 Å². The first kappa shape index (κ1) is 17.5. The molecule has 0 aliphatic carbocycles. The topological polar surface area (TPSA) is 96.0 Å². The minimum Gasteiger partial charge on any atom is -0.368 e. The van der Waals surface area contributed by atoms with Crippen molar-refractivity contribution >= 4 is 11.8 Å².